The zero-order valence-corrected chi connectivity index (χ0v) is 15.3. The molecule has 1 saturated carbocycles. The van der Waals surface area contributed by atoms with Crippen molar-refractivity contribution in [2.45, 2.75) is 45.2 Å². The van der Waals surface area contributed by atoms with Crippen LogP contribution in [0.5, 0.6) is 0 Å². The maximum Gasteiger partial charge on any atom is 0.0325 e. The Labute approximate surface area is 136 Å². The van der Waals surface area contributed by atoms with Gasteiger partial charge in [-0.05, 0) is 67.2 Å². The number of nitrogens with one attached hydrogen (secondary N) is 1. The molecular formula is C16H27BrN2S. The zero-order valence-electron chi connectivity index (χ0n) is 12.9. The van der Waals surface area contributed by atoms with E-state index in [1.54, 1.807) is 0 Å². The van der Waals surface area contributed by atoms with Crippen LogP contribution in [0.1, 0.15) is 37.5 Å². The summed E-state index contributed by atoms with van der Waals surface area (Å²) in [6.07, 6.45) is 5.48. The Balaban J connectivity index is 1.88. The summed E-state index contributed by atoms with van der Waals surface area (Å²) in [6, 6.07) is 2.95. The van der Waals surface area contributed by atoms with E-state index in [1.807, 2.05) is 11.3 Å². The van der Waals surface area contributed by atoms with Gasteiger partial charge in [-0.1, -0.05) is 13.3 Å². The van der Waals surface area contributed by atoms with Gasteiger partial charge >= 0.3 is 0 Å². The average Bonchev–Trinajstić information content (AvgIpc) is 2.83. The molecule has 3 unspecified atom stereocenters. The first-order valence-corrected chi connectivity index (χ1v) is 9.38. The van der Waals surface area contributed by atoms with E-state index in [-0.39, 0.29) is 0 Å². The molecule has 0 saturated heterocycles. The lowest BCUT2D eigenvalue weighted by molar-refractivity contribution is 0.154. The van der Waals surface area contributed by atoms with Crippen LogP contribution in [0.3, 0.4) is 0 Å². The van der Waals surface area contributed by atoms with Crippen molar-refractivity contribution in [1.29, 1.82) is 0 Å². The van der Waals surface area contributed by atoms with Crippen molar-refractivity contribution in [3.63, 3.8) is 0 Å². The highest BCUT2D eigenvalue weighted by molar-refractivity contribution is 9.10. The first-order valence-electron chi connectivity index (χ1n) is 7.71. The first-order chi connectivity index (χ1) is 9.62. The van der Waals surface area contributed by atoms with Gasteiger partial charge in [-0.3, -0.25) is 0 Å². The van der Waals surface area contributed by atoms with E-state index in [9.17, 15) is 0 Å². The molecule has 1 N–H and O–H groups in total. The van der Waals surface area contributed by atoms with Crippen molar-refractivity contribution in [3.05, 3.63) is 20.8 Å². The van der Waals surface area contributed by atoms with E-state index in [2.05, 4.69) is 58.6 Å². The number of hydrogen-bond acceptors (Lipinski definition) is 3. The fourth-order valence-corrected chi connectivity index (χ4v) is 5.01. The maximum absolute atomic E-state index is 3.54. The van der Waals surface area contributed by atoms with Gasteiger partial charge in [-0.15, -0.1) is 11.3 Å². The number of thiophene rings is 1. The summed E-state index contributed by atoms with van der Waals surface area (Å²) in [5, 5.41) is 5.71. The van der Waals surface area contributed by atoms with Crippen molar-refractivity contribution in [1.82, 2.24) is 10.2 Å². The lowest BCUT2D eigenvalue weighted by atomic mass is 9.76. The zero-order chi connectivity index (χ0) is 14.5. The molecule has 1 aromatic rings. The predicted octanol–water partition coefficient (Wildman–Crippen LogP) is 4.36. The normalized spacial score (nSPS) is 27.1. The molecular weight excluding hydrogens is 332 g/mol. The monoisotopic (exact) mass is 358 g/mol. The minimum Gasteiger partial charge on any atom is -0.317 e. The van der Waals surface area contributed by atoms with Crippen LogP contribution in [-0.2, 0) is 6.54 Å². The number of rotatable bonds is 6. The molecule has 0 bridgehead atoms. The van der Waals surface area contributed by atoms with E-state index in [1.165, 1.54) is 41.6 Å². The molecule has 1 aliphatic carbocycles. The summed E-state index contributed by atoms with van der Waals surface area (Å²) in [5.41, 5.74) is 0. The van der Waals surface area contributed by atoms with Crippen LogP contribution in [0, 0.1) is 11.8 Å². The Morgan fingerprint density at radius 1 is 1.45 bits per heavy atom. The standard InChI is InChI=1S/C16H27BrN2S/c1-4-12-5-6-16(18-2)13(7-12)9-19(3)10-15-8-14(17)11-20-15/h8,11-13,16,18H,4-7,9-10H2,1-3H3. The number of halogens is 1. The molecule has 114 valence electrons. The van der Waals surface area contributed by atoms with Gasteiger partial charge < -0.3 is 10.2 Å². The minimum absolute atomic E-state index is 0.704. The largest absolute Gasteiger partial charge is 0.317 e. The van der Waals surface area contributed by atoms with Crippen LogP contribution < -0.4 is 5.32 Å². The topological polar surface area (TPSA) is 15.3 Å². The van der Waals surface area contributed by atoms with Crippen molar-refractivity contribution >= 4 is 27.3 Å². The maximum atomic E-state index is 3.54. The summed E-state index contributed by atoms with van der Waals surface area (Å²) in [6.45, 7) is 4.62. The van der Waals surface area contributed by atoms with E-state index >= 15 is 0 Å². The highest BCUT2D eigenvalue weighted by Crippen LogP contribution is 2.32. The van der Waals surface area contributed by atoms with Crippen LogP contribution in [0.25, 0.3) is 0 Å². The minimum atomic E-state index is 0.704. The molecule has 0 amide bonds. The van der Waals surface area contributed by atoms with Crippen LogP contribution in [0.4, 0.5) is 0 Å². The predicted molar refractivity (Wildman–Crippen MR) is 92.3 cm³/mol. The summed E-state index contributed by atoms with van der Waals surface area (Å²) in [7, 11) is 4.39. The van der Waals surface area contributed by atoms with Crippen LogP contribution in [0.15, 0.2) is 15.9 Å². The Kier molecular flexibility index (Phi) is 6.53. The van der Waals surface area contributed by atoms with Crippen molar-refractivity contribution < 1.29 is 0 Å². The SMILES string of the molecule is CCC1CCC(NC)C(CN(C)Cc2cc(Br)cs2)C1. The molecule has 2 nitrogen and oxygen atoms in total. The molecule has 0 aromatic carbocycles. The highest BCUT2D eigenvalue weighted by Gasteiger charge is 2.29. The molecule has 2 rings (SSSR count). The summed E-state index contributed by atoms with van der Waals surface area (Å²) in [5.74, 6) is 1.74. The third kappa shape index (κ3) is 4.55. The number of hydrogen-bond donors (Lipinski definition) is 1. The van der Waals surface area contributed by atoms with Gasteiger partial charge in [-0.2, -0.15) is 0 Å². The molecule has 0 spiro atoms. The molecule has 4 heteroatoms. The lowest BCUT2D eigenvalue weighted by Crippen LogP contribution is -2.43. The number of nitrogens with zero attached hydrogens (tertiary/aromatic N) is 1. The summed E-state index contributed by atoms with van der Waals surface area (Å²) >= 11 is 5.39. The molecule has 0 aliphatic heterocycles. The third-order valence-corrected chi connectivity index (χ3v) is 6.32. The van der Waals surface area contributed by atoms with Gasteiger partial charge in [0.05, 0.1) is 0 Å². The molecule has 0 radical (unpaired) electrons. The van der Waals surface area contributed by atoms with Gasteiger partial charge in [0.25, 0.3) is 0 Å². The van der Waals surface area contributed by atoms with E-state index in [4.69, 9.17) is 0 Å². The van der Waals surface area contributed by atoms with E-state index in [0.717, 1.165) is 18.4 Å². The second-order valence-electron chi connectivity index (χ2n) is 6.17. The van der Waals surface area contributed by atoms with Crippen LogP contribution in [0.2, 0.25) is 0 Å². The average molecular weight is 359 g/mol. The summed E-state index contributed by atoms with van der Waals surface area (Å²) in [4.78, 5) is 3.94. The Bertz CT molecular complexity index is 407. The van der Waals surface area contributed by atoms with Gasteiger partial charge in [-0.25, -0.2) is 0 Å². The van der Waals surface area contributed by atoms with Gasteiger partial charge in [0.1, 0.15) is 0 Å². The Hall–Kier alpha value is 0.1000. The lowest BCUT2D eigenvalue weighted by Gasteiger charge is -2.37. The van der Waals surface area contributed by atoms with Crippen molar-refractivity contribution in [2.24, 2.45) is 11.8 Å². The smallest absolute Gasteiger partial charge is 0.0325 e. The van der Waals surface area contributed by atoms with Crippen molar-refractivity contribution in [2.75, 3.05) is 20.6 Å². The van der Waals surface area contributed by atoms with E-state index in [0.29, 0.717) is 6.04 Å². The molecule has 1 aliphatic rings. The van der Waals surface area contributed by atoms with Crippen LogP contribution >= 0.6 is 27.3 Å². The van der Waals surface area contributed by atoms with Crippen LogP contribution in [-0.4, -0.2) is 31.6 Å². The molecule has 1 heterocycles. The first kappa shape index (κ1) is 16.5. The Morgan fingerprint density at radius 2 is 2.25 bits per heavy atom. The highest BCUT2D eigenvalue weighted by atomic mass is 79.9. The Morgan fingerprint density at radius 3 is 2.85 bits per heavy atom. The molecule has 1 aromatic heterocycles. The van der Waals surface area contributed by atoms with Crippen molar-refractivity contribution in [3.8, 4) is 0 Å². The second kappa shape index (κ2) is 7.92. The third-order valence-electron chi connectivity index (χ3n) is 4.63. The fourth-order valence-electron chi connectivity index (χ4n) is 3.48. The van der Waals surface area contributed by atoms with Gasteiger partial charge in [0, 0.05) is 33.9 Å². The molecule has 20 heavy (non-hydrogen) atoms. The quantitative estimate of drug-likeness (QED) is 0.812. The second-order valence-corrected chi connectivity index (χ2v) is 8.08. The summed E-state index contributed by atoms with van der Waals surface area (Å²) < 4.78 is 1.21. The molecule has 1 fully saturated rings. The molecule has 3 atom stereocenters. The fraction of sp³-hybridized carbons (Fsp3) is 0.750. The van der Waals surface area contributed by atoms with E-state index < -0.39 is 0 Å². The van der Waals surface area contributed by atoms with Gasteiger partial charge in [0.2, 0.25) is 0 Å². The van der Waals surface area contributed by atoms with Gasteiger partial charge in [0.15, 0.2) is 0 Å².